The van der Waals surface area contributed by atoms with E-state index in [2.05, 4.69) is 23.4 Å². The summed E-state index contributed by atoms with van der Waals surface area (Å²) in [5, 5.41) is 7.79. The molecule has 1 aromatic rings. The van der Waals surface area contributed by atoms with Crippen LogP contribution in [-0.4, -0.2) is 29.0 Å². The van der Waals surface area contributed by atoms with E-state index in [1.165, 1.54) is 12.8 Å². The predicted octanol–water partition coefficient (Wildman–Crippen LogP) is 1.17. The molecule has 0 amide bonds. The number of ether oxygens (including phenoxy) is 1. The van der Waals surface area contributed by atoms with Gasteiger partial charge in [0.15, 0.2) is 0 Å². The molecular formula is C11H19N3O. The zero-order valence-corrected chi connectivity index (χ0v) is 9.28. The minimum Gasteiger partial charge on any atom is -0.377 e. The van der Waals surface area contributed by atoms with Gasteiger partial charge in [-0.1, -0.05) is 0 Å². The van der Waals surface area contributed by atoms with Gasteiger partial charge < -0.3 is 10.1 Å². The van der Waals surface area contributed by atoms with E-state index < -0.39 is 0 Å². The maximum atomic E-state index is 5.53. The summed E-state index contributed by atoms with van der Waals surface area (Å²) in [4.78, 5) is 0. The average molecular weight is 209 g/mol. The first-order chi connectivity index (χ1) is 7.38. The molecule has 1 N–H and O–H groups in total. The van der Waals surface area contributed by atoms with Crippen LogP contribution in [0.25, 0.3) is 0 Å². The molecule has 0 spiro atoms. The van der Waals surface area contributed by atoms with Crippen molar-refractivity contribution in [2.45, 2.75) is 39.0 Å². The van der Waals surface area contributed by atoms with Crippen molar-refractivity contribution in [2.24, 2.45) is 0 Å². The lowest BCUT2D eigenvalue weighted by Gasteiger charge is -2.09. The third-order valence-electron chi connectivity index (χ3n) is 2.72. The van der Waals surface area contributed by atoms with E-state index >= 15 is 0 Å². The van der Waals surface area contributed by atoms with Crippen molar-refractivity contribution < 1.29 is 4.74 Å². The van der Waals surface area contributed by atoms with Gasteiger partial charge in [0.1, 0.15) is 0 Å². The first-order valence-electron chi connectivity index (χ1n) is 5.73. The second-order valence-electron chi connectivity index (χ2n) is 3.93. The molecule has 4 nitrogen and oxygen atoms in total. The molecule has 0 bridgehead atoms. The highest BCUT2D eigenvalue weighted by molar-refractivity contribution is 4.98. The summed E-state index contributed by atoms with van der Waals surface area (Å²) in [5.41, 5.74) is 1.11. The molecule has 0 unspecified atom stereocenters. The van der Waals surface area contributed by atoms with Crippen LogP contribution in [0.1, 0.15) is 25.5 Å². The number of nitrogens with one attached hydrogen (secondary N) is 1. The van der Waals surface area contributed by atoms with Crippen LogP contribution in [0.15, 0.2) is 12.3 Å². The zero-order valence-electron chi connectivity index (χ0n) is 9.28. The van der Waals surface area contributed by atoms with Crippen molar-refractivity contribution in [3.8, 4) is 0 Å². The van der Waals surface area contributed by atoms with Crippen LogP contribution in [-0.2, 0) is 17.8 Å². The molecule has 4 heteroatoms. The van der Waals surface area contributed by atoms with E-state index in [1.807, 2.05) is 10.9 Å². The number of nitrogens with zero attached hydrogens (tertiary/aromatic N) is 2. The average Bonchev–Trinajstić information content (AvgIpc) is 2.88. The lowest BCUT2D eigenvalue weighted by Crippen LogP contribution is -2.26. The standard InChI is InChI=1S/C11H19N3O/c1-2-14-6-5-10(13-14)8-12-9-11-4-3-7-15-11/h5-6,11-12H,2-4,7-9H2,1H3/t11-/m1/s1. The van der Waals surface area contributed by atoms with E-state index in [0.717, 1.165) is 31.9 Å². The summed E-state index contributed by atoms with van der Waals surface area (Å²) in [6.07, 6.45) is 4.83. The van der Waals surface area contributed by atoms with Crippen molar-refractivity contribution in [2.75, 3.05) is 13.2 Å². The van der Waals surface area contributed by atoms with Crippen LogP contribution in [0.2, 0.25) is 0 Å². The molecular weight excluding hydrogens is 190 g/mol. The largest absolute Gasteiger partial charge is 0.377 e. The highest BCUT2D eigenvalue weighted by atomic mass is 16.5. The zero-order chi connectivity index (χ0) is 10.5. The second-order valence-corrected chi connectivity index (χ2v) is 3.93. The van der Waals surface area contributed by atoms with Crippen LogP contribution in [0, 0.1) is 0 Å². The third kappa shape index (κ3) is 3.04. The van der Waals surface area contributed by atoms with Gasteiger partial charge >= 0.3 is 0 Å². The van der Waals surface area contributed by atoms with Gasteiger partial charge in [-0.3, -0.25) is 4.68 Å². The fraction of sp³-hybridized carbons (Fsp3) is 0.727. The van der Waals surface area contributed by atoms with E-state index in [-0.39, 0.29) is 0 Å². The highest BCUT2D eigenvalue weighted by Gasteiger charge is 2.14. The van der Waals surface area contributed by atoms with Crippen molar-refractivity contribution in [1.29, 1.82) is 0 Å². The van der Waals surface area contributed by atoms with Crippen LogP contribution in [0.4, 0.5) is 0 Å². The van der Waals surface area contributed by atoms with Gasteiger partial charge in [0.05, 0.1) is 11.8 Å². The van der Waals surface area contributed by atoms with E-state index in [0.29, 0.717) is 6.10 Å². The van der Waals surface area contributed by atoms with Gasteiger partial charge in [0, 0.05) is 32.4 Å². The molecule has 1 fully saturated rings. The van der Waals surface area contributed by atoms with Crippen LogP contribution in [0.3, 0.4) is 0 Å². The molecule has 0 radical (unpaired) electrons. The Hall–Kier alpha value is -0.870. The monoisotopic (exact) mass is 209 g/mol. The Balaban J connectivity index is 1.68. The molecule has 1 atom stereocenters. The van der Waals surface area contributed by atoms with E-state index in [1.54, 1.807) is 0 Å². The Morgan fingerprint density at radius 3 is 3.27 bits per heavy atom. The number of rotatable bonds is 5. The van der Waals surface area contributed by atoms with Gasteiger partial charge in [-0.25, -0.2) is 0 Å². The van der Waals surface area contributed by atoms with E-state index in [4.69, 9.17) is 4.74 Å². The SMILES string of the molecule is CCn1ccc(CNC[C@H]2CCCO2)n1. The Kier molecular flexibility index (Phi) is 3.75. The first-order valence-corrected chi connectivity index (χ1v) is 5.73. The molecule has 0 saturated carbocycles. The second kappa shape index (κ2) is 5.28. The van der Waals surface area contributed by atoms with Crippen LogP contribution < -0.4 is 5.32 Å². The topological polar surface area (TPSA) is 39.1 Å². The van der Waals surface area contributed by atoms with Crippen LogP contribution >= 0.6 is 0 Å². The van der Waals surface area contributed by atoms with Crippen molar-refractivity contribution >= 4 is 0 Å². The number of aromatic nitrogens is 2. The van der Waals surface area contributed by atoms with Crippen molar-refractivity contribution in [1.82, 2.24) is 15.1 Å². The number of aryl methyl sites for hydroxylation is 1. The normalized spacial score (nSPS) is 21.0. The molecule has 84 valence electrons. The lowest BCUT2D eigenvalue weighted by molar-refractivity contribution is 0.110. The maximum Gasteiger partial charge on any atom is 0.0762 e. The molecule has 1 saturated heterocycles. The van der Waals surface area contributed by atoms with Crippen molar-refractivity contribution in [3.05, 3.63) is 18.0 Å². The van der Waals surface area contributed by atoms with Gasteiger partial charge in [-0.2, -0.15) is 5.10 Å². The third-order valence-corrected chi connectivity index (χ3v) is 2.72. The minimum absolute atomic E-state index is 0.415. The maximum absolute atomic E-state index is 5.53. The summed E-state index contributed by atoms with van der Waals surface area (Å²) >= 11 is 0. The smallest absolute Gasteiger partial charge is 0.0762 e. The summed E-state index contributed by atoms with van der Waals surface area (Å²) in [6.45, 7) is 5.74. The summed E-state index contributed by atoms with van der Waals surface area (Å²) in [7, 11) is 0. The Bertz CT molecular complexity index is 292. The van der Waals surface area contributed by atoms with Gasteiger partial charge in [-0.05, 0) is 25.8 Å². The molecule has 2 rings (SSSR count). The fourth-order valence-corrected chi connectivity index (χ4v) is 1.84. The summed E-state index contributed by atoms with van der Waals surface area (Å²) < 4.78 is 7.48. The van der Waals surface area contributed by atoms with Crippen molar-refractivity contribution in [3.63, 3.8) is 0 Å². The molecule has 0 aliphatic carbocycles. The minimum atomic E-state index is 0.415. The van der Waals surface area contributed by atoms with Gasteiger partial charge in [-0.15, -0.1) is 0 Å². The van der Waals surface area contributed by atoms with Gasteiger partial charge in [0.25, 0.3) is 0 Å². The Labute approximate surface area is 90.6 Å². The molecule has 1 aromatic heterocycles. The summed E-state index contributed by atoms with van der Waals surface area (Å²) in [6, 6.07) is 2.06. The molecule has 2 heterocycles. The Morgan fingerprint density at radius 1 is 1.67 bits per heavy atom. The lowest BCUT2D eigenvalue weighted by atomic mass is 10.2. The summed E-state index contributed by atoms with van der Waals surface area (Å²) in [5.74, 6) is 0. The molecule has 1 aliphatic heterocycles. The highest BCUT2D eigenvalue weighted by Crippen LogP contribution is 2.10. The predicted molar refractivity (Wildman–Crippen MR) is 58.6 cm³/mol. The molecule has 1 aliphatic rings. The molecule has 0 aromatic carbocycles. The quantitative estimate of drug-likeness (QED) is 0.791. The number of hydrogen-bond donors (Lipinski definition) is 1. The number of hydrogen-bond acceptors (Lipinski definition) is 3. The van der Waals surface area contributed by atoms with Gasteiger partial charge in [0.2, 0.25) is 0 Å². The van der Waals surface area contributed by atoms with E-state index in [9.17, 15) is 0 Å². The first kappa shape index (κ1) is 10.6. The van der Waals surface area contributed by atoms with Crippen LogP contribution in [0.5, 0.6) is 0 Å². The fourth-order valence-electron chi connectivity index (χ4n) is 1.84. The molecule has 15 heavy (non-hydrogen) atoms. The Morgan fingerprint density at radius 2 is 2.60 bits per heavy atom.